The first-order valence-corrected chi connectivity index (χ1v) is 11.3. The van der Waals surface area contributed by atoms with Crippen LogP contribution in [0.3, 0.4) is 0 Å². The van der Waals surface area contributed by atoms with E-state index in [1.54, 1.807) is 6.07 Å². The topological polar surface area (TPSA) is 72.8 Å². The highest BCUT2D eigenvalue weighted by molar-refractivity contribution is 9.10. The van der Waals surface area contributed by atoms with Crippen LogP contribution < -0.4 is 4.90 Å². The summed E-state index contributed by atoms with van der Waals surface area (Å²) >= 11 is 9.46. The van der Waals surface area contributed by atoms with E-state index in [4.69, 9.17) is 16.6 Å². The SMILES string of the molecule is CN(C)CCc1nc(N2CCN(C(=O)O)C(C(C)(C)C)C2)c2cc(Cl)c(Br)c(F)c2n1. The van der Waals surface area contributed by atoms with Crippen LogP contribution in [0.1, 0.15) is 26.6 Å². The summed E-state index contributed by atoms with van der Waals surface area (Å²) in [5, 5.41) is 10.4. The van der Waals surface area contributed by atoms with Crippen LogP contribution in [0.5, 0.6) is 0 Å². The van der Waals surface area contributed by atoms with Gasteiger partial charge in [-0.25, -0.2) is 19.2 Å². The summed E-state index contributed by atoms with van der Waals surface area (Å²) < 4.78 is 15.3. The maximum Gasteiger partial charge on any atom is 0.407 e. The summed E-state index contributed by atoms with van der Waals surface area (Å²) in [6, 6.07) is 1.43. The Morgan fingerprint density at radius 2 is 2.03 bits per heavy atom. The van der Waals surface area contributed by atoms with Gasteiger partial charge in [0.05, 0.1) is 15.5 Å². The molecule has 0 bridgehead atoms. The summed E-state index contributed by atoms with van der Waals surface area (Å²) in [4.78, 5) is 26.6. The zero-order chi connectivity index (χ0) is 23.1. The molecule has 1 aromatic heterocycles. The van der Waals surface area contributed by atoms with Crippen molar-refractivity contribution >= 4 is 50.3 Å². The molecule has 1 fully saturated rings. The number of piperazine rings is 1. The van der Waals surface area contributed by atoms with E-state index in [0.717, 1.165) is 6.54 Å². The number of carboxylic acid groups (broad SMARTS) is 1. The number of benzene rings is 1. The number of likely N-dealkylation sites (N-methyl/N-ethyl adjacent to an activating group) is 1. The lowest BCUT2D eigenvalue weighted by atomic mass is 9.84. The molecule has 170 valence electrons. The van der Waals surface area contributed by atoms with Gasteiger partial charge in [0.2, 0.25) is 0 Å². The van der Waals surface area contributed by atoms with Gasteiger partial charge in [0.25, 0.3) is 0 Å². The summed E-state index contributed by atoms with van der Waals surface area (Å²) in [6.45, 7) is 8.01. The minimum atomic E-state index is -0.934. The van der Waals surface area contributed by atoms with Crippen LogP contribution in [0, 0.1) is 11.2 Å². The molecule has 1 N–H and O–H groups in total. The van der Waals surface area contributed by atoms with E-state index in [2.05, 4.69) is 20.9 Å². The Kier molecular flexibility index (Phi) is 6.98. The number of hydrogen-bond acceptors (Lipinski definition) is 5. The quantitative estimate of drug-likeness (QED) is 0.603. The molecule has 1 aromatic carbocycles. The van der Waals surface area contributed by atoms with Gasteiger partial charge in [-0.3, -0.25) is 0 Å². The van der Waals surface area contributed by atoms with Crippen LogP contribution in [0.25, 0.3) is 10.9 Å². The zero-order valence-corrected chi connectivity index (χ0v) is 20.8. The summed E-state index contributed by atoms with van der Waals surface area (Å²) in [7, 11) is 3.91. The highest BCUT2D eigenvalue weighted by Crippen LogP contribution is 2.37. The second-order valence-corrected chi connectivity index (χ2v) is 10.4. The van der Waals surface area contributed by atoms with Crippen molar-refractivity contribution in [3.8, 4) is 0 Å². The Bertz CT molecular complexity index is 998. The second-order valence-electron chi connectivity index (χ2n) is 9.20. The molecule has 0 saturated carbocycles. The summed E-state index contributed by atoms with van der Waals surface area (Å²) in [5.41, 5.74) is -0.0671. The Morgan fingerprint density at radius 3 is 2.61 bits per heavy atom. The van der Waals surface area contributed by atoms with E-state index in [9.17, 15) is 9.90 Å². The molecule has 1 aliphatic heterocycles. The normalized spacial score (nSPS) is 17.6. The Morgan fingerprint density at radius 1 is 1.35 bits per heavy atom. The van der Waals surface area contributed by atoms with Gasteiger partial charge in [0.1, 0.15) is 17.2 Å². The van der Waals surface area contributed by atoms with Crippen molar-refractivity contribution in [1.29, 1.82) is 0 Å². The number of fused-ring (bicyclic) bond motifs is 1. The van der Waals surface area contributed by atoms with Gasteiger partial charge in [-0.2, -0.15) is 0 Å². The molecule has 0 aliphatic carbocycles. The van der Waals surface area contributed by atoms with Crippen LogP contribution in [0.2, 0.25) is 5.02 Å². The lowest BCUT2D eigenvalue weighted by Crippen LogP contribution is -2.59. The predicted molar refractivity (Wildman–Crippen MR) is 125 cm³/mol. The average Bonchev–Trinajstić information content (AvgIpc) is 2.69. The van der Waals surface area contributed by atoms with E-state index < -0.39 is 11.9 Å². The lowest BCUT2D eigenvalue weighted by molar-refractivity contribution is 0.0747. The van der Waals surface area contributed by atoms with Crippen molar-refractivity contribution < 1.29 is 14.3 Å². The average molecular weight is 517 g/mol. The maximum atomic E-state index is 15.1. The standard InChI is InChI=1S/C21H28BrClFN5O2/c1-21(2,3)14-11-28(8-9-29(14)20(30)31)19-12-10-13(23)16(22)17(24)18(12)25-15(26-19)6-7-27(4)5/h10,14H,6-9,11H2,1-5H3,(H,30,31). The molecule has 0 radical (unpaired) electrons. The number of anilines is 1. The minimum absolute atomic E-state index is 0.174. The minimum Gasteiger partial charge on any atom is -0.465 e. The molecule has 10 heteroatoms. The van der Waals surface area contributed by atoms with Crippen LogP contribution in [-0.4, -0.2) is 77.3 Å². The Labute approximate surface area is 195 Å². The third kappa shape index (κ3) is 5.04. The highest BCUT2D eigenvalue weighted by atomic mass is 79.9. The van der Waals surface area contributed by atoms with Crippen molar-refractivity contribution in [2.75, 3.05) is 45.2 Å². The van der Waals surface area contributed by atoms with Gasteiger partial charge < -0.3 is 19.8 Å². The van der Waals surface area contributed by atoms with Gasteiger partial charge in [-0.15, -0.1) is 0 Å². The van der Waals surface area contributed by atoms with Crippen molar-refractivity contribution in [3.63, 3.8) is 0 Å². The lowest BCUT2D eigenvalue weighted by Gasteiger charge is -2.46. The molecule has 1 unspecified atom stereocenters. The molecule has 1 aliphatic rings. The van der Waals surface area contributed by atoms with Gasteiger partial charge in [0, 0.05) is 38.0 Å². The first-order valence-electron chi connectivity index (χ1n) is 10.1. The van der Waals surface area contributed by atoms with Crippen molar-refractivity contribution in [1.82, 2.24) is 19.8 Å². The number of amides is 1. The van der Waals surface area contributed by atoms with Gasteiger partial charge in [0.15, 0.2) is 5.82 Å². The van der Waals surface area contributed by atoms with Gasteiger partial charge >= 0.3 is 6.09 Å². The number of rotatable bonds is 4. The molecular formula is C21H28BrClFN5O2. The van der Waals surface area contributed by atoms with Crippen LogP contribution in [0.4, 0.5) is 15.0 Å². The fourth-order valence-electron chi connectivity index (χ4n) is 3.82. The fourth-order valence-corrected chi connectivity index (χ4v) is 4.32. The Hall–Kier alpha value is -1.71. The molecule has 2 heterocycles. The monoisotopic (exact) mass is 515 g/mol. The first-order chi connectivity index (χ1) is 14.4. The van der Waals surface area contributed by atoms with Crippen molar-refractivity contribution in [2.24, 2.45) is 5.41 Å². The summed E-state index contributed by atoms with van der Waals surface area (Å²) in [6.07, 6.45) is -0.371. The van der Waals surface area contributed by atoms with Crippen molar-refractivity contribution in [3.05, 3.63) is 27.2 Å². The van der Waals surface area contributed by atoms with Crippen molar-refractivity contribution in [2.45, 2.75) is 33.2 Å². The molecule has 1 atom stereocenters. The number of halogens is 3. The zero-order valence-electron chi connectivity index (χ0n) is 18.4. The maximum absolute atomic E-state index is 15.1. The smallest absolute Gasteiger partial charge is 0.407 e. The number of carbonyl (C=O) groups is 1. The molecule has 31 heavy (non-hydrogen) atoms. The van der Waals surface area contributed by atoms with E-state index >= 15 is 4.39 Å². The van der Waals surface area contributed by atoms with Gasteiger partial charge in [-0.05, 0) is 41.5 Å². The third-order valence-electron chi connectivity index (χ3n) is 5.56. The number of nitrogens with zero attached hydrogens (tertiary/aromatic N) is 5. The van der Waals surface area contributed by atoms with Crippen LogP contribution >= 0.6 is 27.5 Å². The van der Waals surface area contributed by atoms with E-state index in [-0.39, 0.29) is 26.5 Å². The van der Waals surface area contributed by atoms with E-state index in [1.807, 2.05) is 44.7 Å². The largest absolute Gasteiger partial charge is 0.465 e. The predicted octanol–water partition coefficient (Wildman–Crippen LogP) is 4.50. The first kappa shape index (κ1) is 23.9. The summed E-state index contributed by atoms with van der Waals surface area (Å²) in [5.74, 6) is 0.609. The Balaban J connectivity index is 2.12. The molecule has 1 amide bonds. The molecule has 7 nitrogen and oxygen atoms in total. The molecule has 3 rings (SSSR count). The van der Waals surface area contributed by atoms with Gasteiger partial charge in [-0.1, -0.05) is 32.4 Å². The highest BCUT2D eigenvalue weighted by Gasteiger charge is 2.39. The number of hydrogen-bond donors (Lipinski definition) is 1. The van der Waals surface area contributed by atoms with Crippen LogP contribution in [0.15, 0.2) is 10.5 Å². The molecular weight excluding hydrogens is 489 g/mol. The fraction of sp³-hybridized carbons (Fsp3) is 0.571. The van der Waals surface area contributed by atoms with E-state index in [0.29, 0.717) is 43.1 Å². The van der Waals surface area contributed by atoms with Crippen LogP contribution in [-0.2, 0) is 6.42 Å². The molecule has 1 saturated heterocycles. The number of aromatic nitrogens is 2. The molecule has 0 spiro atoms. The second kappa shape index (κ2) is 9.03. The van der Waals surface area contributed by atoms with E-state index in [1.165, 1.54) is 4.90 Å². The third-order valence-corrected chi connectivity index (χ3v) is 6.86. The molecule has 2 aromatic rings.